The van der Waals surface area contributed by atoms with E-state index < -0.39 is 11.6 Å². The summed E-state index contributed by atoms with van der Waals surface area (Å²) in [6, 6.07) is 11.8. The molecule has 0 atom stereocenters. The van der Waals surface area contributed by atoms with Crippen LogP contribution in [0, 0.1) is 11.6 Å². The average molecular weight is 403 g/mol. The lowest BCUT2D eigenvalue weighted by Gasteiger charge is -2.32. The molecule has 5 nitrogen and oxygen atoms in total. The highest BCUT2D eigenvalue weighted by atomic mass is 19.2. The summed E-state index contributed by atoms with van der Waals surface area (Å²) in [7, 11) is 1.63. The average Bonchev–Trinajstić information content (AvgIpc) is 2.73. The maximum atomic E-state index is 13.3. The largest absolute Gasteiger partial charge is 0.497 e. The van der Waals surface area contributed by atoms with E-state index in [4.69, 9.17) is 4.74 Å². The van der Waals surface area contributed by atoms with Gasteiger partial charge in [-0.1, -0.05) is 18.2 Å². The van der Waals surface area contributed by atoms with Crippen molar-refractivity contribution in [1.82, 2.24) is 15.5 Å². The predicted molar refractivity (Wildman–Crippen MR) is 108 cm³/mol. The van der Waals surface area contributed by atoms with Crippen LogP contribution in [0.2, 0.25) is 0 Å². The lowest BCUT2D eigenvalue weighted by atomic mass is 10.0. The highest BCUT2D eigenvalue weighted by Gasteiger charge is 2.20. The van der Waals surface area contributed by atoms with Gasteiger partial charge in [-0.2, -0.15) is 0 Å². The van der Waals surface area contributed by atoms with E-state index >= 15 is 0 Å². The first-order valence-corrected chi connectivity index (χ1v) is 9.87. The van der Waals surface area contributed by atoms with Crippen LogP contribution in [0.15, 0.2) is 42.5 Å². The number of carbonyl (C=O) groups excluding carboxylic acids is 1. The highest BCUT2D eigenvalue weighted by molar-refractivity contribution is 5.74. The smallest absolute Gasteiger partial charge is 0.315 e. The van der Waals surface area contributed by atoms with Crippen LogP contribution >= 0.6 is 0 Å². The molecule has 0 radical (unpaired) electrons. The molecule has 2 aromatic rings. The quantitative estimate of drug-likeness (QED) is 0.744. The van der Waals surface area contributed by atoms with Crippen LogP contribution in [-0.2, 0) is 13.0 Å². The normalized spacial score (nSPS) is 15.1. The Bertz CT molecular complexity index is 806. The van der Waals surface area contributed by atoms with Crippen molar-refractivity contribution in [2.45, 2.75) is 31.8 Å². The van der Waals surface area contributed by atoms with Crippen molar-refractivity contribution in [3.8, 4) is 5.75 Å². The van der Waals surface area contributed by atoms with Crippen LogP contribution in [0.5, 0.6) is 5.75 Å². The van der Waals surface area contributed by atoms with E-state index in [1.54, 1.807) is 13.2 Å². The summed E-state index contributed by atoms with van der Waals surface area (Å²) in [5, 5.41) is 5.92. The van der Waals surface area contributed by atoms with Gasteiger partial charge in [-0.3, -0.25) is 4.90 Å². The third-order valence-corrected chi connectivity index (χ3v) is 5.17. The number of likely N-dealkylation sites (tertiary alicyclic amines) is 1. The second-order valence-corrected chi connectivity index (χ2v) is 7.30. The number of benzene rings is 2. The number of halogens is 2. The Morgan fingerprint density at radius 1 is 1.07 bits per heavy atom. The van der Waals surface area contributed by atoms with Crippen molar-refractivity contribution in [3.63, 3.8) is 0 Å². The number of amides is 2. The van der Waals surface area contributed by atoms with Gasteiger partial charge in [-0.05, 0) is 54.7 Å². The van der Waals surface area contributed by atoms with Gasteiger partial charge in [0.2, 0.25) is 0 Å². The number of nitrogens with zero attached hydrogens (tertiary/aromatic N) is 1. The molecule has 0 spiro atoms. The molecule has 29 heavy (non-hydrogen) atoms. The minimum absolute atomic E-state index is 0.122. The molecular formula is C22H27F2N3O2. The first kappa shape index (κ1) is 21.0. The molecule has 0 unspecified atom stereocenters. The van der Waals surface area contributed by atoms with Crippen LogP contribution < -0.4 is 15.4 Å². The van der Waals surface area contributed by atoms with Crippen molar-refractivity contribution in [2.24, 2.45) is 0 Å². The van der Waals surface area contributed by atoms with Crippen LogP contribution in [0.3, 0.4) is 0 Å². The predicted octanol–water partition coefficient (Wildman–Crippen LogP) is 3.48. The standard InChI is InChI=1S/C22H27F2N3O2/c1-29-19-5-2-16(3-6-19)8-11-25-22(28)26-18-9-12-27(13-10-18)15-17-4-7-20(23)21(24)14-17/h2-7,14,18H,8-13,15H2,1H3,(H2,25,26,28). The highest BCUT2D eigenvalue weighted by Crippen LogP contribution is 2.16. The van der Waals surface area contributed by atoms with E-state index in [0.717, 1.165) is 55.3 Å². The van der Waals surface area contributed by atoms with Gasteiger partial charge in [0, 0.05) is 32.2 Å². The fourth-order valence-electron chi connectivity index (χ4n) is 3.48. The number of ether oxygens (including phenoxy) is 1. The zero-order chi connectivity index (χ0) is 20.6. The molecule has 1 aliphatic rings. The fraction of sp³-hybridized carbons (Fsp3) is 0.409. The first-order chi connectivity index (χ1) is 14.0. The topological polar surface area (TPSA) is 53.6 Å². The minimum atomic E-state index is -0.824. The Morgan fingerprint density at radius 2 is 1.76 bits per heavy atom. The molecule has 0 aliphatic carbocycles. The van der Waals surface area contributed by atoms with Crippen molar-refractivity contribution in [3.05, 3.63) is 65.2 Å². The summed E-state index contributed by atoms with van der Waals surface area (Å²) in [6.07, 6.45) is 2.41. The van der Waals surface area contributed by atoms with E-state index in [2.05, 4.69) is 15.5 Å². The number of piperidine rings is 1. The van der Waals surface area contributed by atoms with Crippen LogP contribution in [-0.4, -0.2) is 43.7 Å². The van der Waals surface area contributed by atoms with Crippen molar-refractivity contribution >= 4 is 6.03 Å². The second kappa shape index (κ2) is 10.2. The zero-order valence-electron chi connectivity index (χ0n) is 16.6. The van der Waals surface area contributed by atoms with Gasteiger partial charge < -0.3 is 15.4 Å². The van der Waals surface area contributed by atoms with E-state index in [0.29, 0.717) is 13.1 Å². The number of rotatable bonds is 7. The molecule has 1 fully saturated rings. The van der Waals surface area contributed by atoms with E-state index in [1.165, 1.54) is 6.07 Å². The van der Waals surface area contributed by atoms with Gasteiger partial charge in [0.15, 0.2) is 11.6 Å². The summed E-state index contributed by atoms with van der Waals surface area (Å²) in [6.45, 7) is 2.75. The molecule has 2 amide bonds. The number of methoxy groups -OCH3 is 1. The van der Waals surface area contributed by atoms with E-state index in [9.17, 15) is 13.6 Å². The lowest BCUT2D eigenvalue weighted by molar-refractivity contribution is 0.186. The monoisotopic (exact) mass is 403 g/mol. The van der Waals surface area contributed by atoms with E-state index in [1.807, 2.05) is 24.3 Å². The molecule has 3 rings (SSSR count). The molecule has 7 heteroatoms. The molecular weight excluding hydrogens is 376 g/mol. The Labute approximate surface area is 170 Å². The molecule has 2 aromatic carbocycles. The first-order valence-electron chi connectivity index (χ1n) is 9.87. The van der Waals surface area contributed by atoms with Crippen LogP contribution in [0.4, 0.5) is 13.6 Å². The molecule has 156 valence electrons. The summed E-state index contributed by atoms with van der Waals surface area (Å²) in [5.41, 5.74) is 1.89. The van der Waals surface area contributed by atoms with E-state index in [-0.39, 0.29) is 12.1 Å². The molecule has 0 saturated carbocycles. The number of urea groups is 1. The Kier molecular flexibility index (Phi) is 7.41. The minimum Gasteiger partial charge on any atom is -0.497 e. The maximum absolute atomic E-state index is 13.3. The number of hydrogen-bond donors (Lipinski definition) is 2. The second-order valence-electron chi connectivity index (χ2n) is 7.30. The summed E-state index contributed by atoms with van der Waals surface area (Å²) < 4.78 is 31.5. The molecule has 1 aliphatic heterocycles. The summed E-state index contributed by atoms with van der Waals surface area (Å²) in [5.74, 6) is -0.824. The van der Waals surface area contributed by atoms with Gasteiger partial charge >= 0.3 is 6.03 Å². The molecule has 0 bridgehead atoms. The van der Waals surface area contributed by atoms with Crippen LogP contribution in [0.1, 0.15) is 24.0 Å². The number of carbonyl (C=O) groups is 1. The number of hydrogen-bond acceptors (Lipinski definition) is 3. The lowest BCUT2D eigenvalue weighted by Crippen LogP contribution is -2.48. The fourth-order valence-corrected chi connectivity index (χ4v) is 3.48. The van der Waals surface area contributed by atoms with Gasteiger partial charge in [-0.15, -0.1) is 0 Å². The molecule has 1 saturated heterocycles. The van der Waals surface area contributed by atoms with Gasteiger partial charge in [-0.25, -0.2) is 13.6 Å². The third kappa shape index (κ3) is 6.42. The van der Waals surface area contributed by atoms with Gasteiger partial charge in [0.25, 0.3) is 0 Å². The summed E-state index contributed by atoms with van der Waals surface area (Å²) in [4.78, 5) is 14.3. The van der Waals surface area contributed by atoms with Gasteiger partial charge in [0.1, 0.15) is 5.75 Å². The molecule has 2 N–H and O–H groups in total. The van der Waals surface area contributed by atoms with Crippen molar-refractivity contribution < 1.29 is 18.3 Å². The van der Waals surface area contributed by atoms with Crippen molar-refractivity contribution in [2.75, 3.05) is 26.7 Å². The Balaban J connectivity index is 1.34. The maximum Gasteiger partial charge on any atom is 0.315 e. The Hall–Kier alpha value is -2.67. The number of nitrogens with one attached hydrogen (secondary N) is 2. The van der Waals surface area contributed by atoms with Crippen molar-refractivity contribution in [1.29, 1.82) is 0 Å². The van der Waals surface area contributed by atoms with Gasteiger partial charge in [0.05, 0.1) is 7.11 Å². The third-order valence-electron chi connectivity index (χ3n) is 5.17. The van der Waals surface area contributed by atoms with Crippen LogP contribution in [0.25, 0.3) is 0 Å². The summed E-state index contributed by atoms with van der Waals surface area (Å²) >= 11 is 0. The molecule has 1 heterocycles. The SMILES string of the molecule is COc1ccc(CCNC(=O)NC2CCN(Cc3ccc(F)c(F)c3)CC2)cc1. The Morgan fingerprint density at radius 3 is 2.41 bits per heavy atom. The molecule has 0 aromatic heterocycles. The zero-order valence-corrected chi connectivity index (χ0v) is 16.6.